The van der Waals surface area contributed by atoms with Gasteiger partial charge in [-0.3, -0.25) is 0 Å². The Kier molecular flexibility index (Phi) is 25.2. The fraction of sp³-hybridized carbons (Fsp3) is 0.722. The number of unbranched alkanes of at least 4 members (excludes halogenated alkanes) is 6. The van der Waals surface area contributed by atoms with E-state index in [1.165, 1.54) is 88.2 Å². The Hall–Kier alpha value is 0.297. The van der Waals surface area contributed by atoms with Crippen molar-refractivity contribution in [1.82, 2.24) is 0 Å². The number of rotatable bonds is 24. The molecule has 0 bridgehead atoms. The van der Waals surface area contributed by atoms with Crippen LogP contribution in [-0.4, -0.2) is 36.8 Å². The van der Waals surface area contributed by atoms with Crippen LogP contribution in [0.25, 0.3) is 0 Å². The van der Waals surface area contributed by atoms with E-state index in [4.69, 9.17) is 0 Å². The van der Waals surface area contributed by atoms with Gasteiger partial charge in [-0.1, -0.05) is 0 Å². The first-order valence-corrected chi connectivity index (χ1v) is 32.2. The number of hydrogen-bond acceptors (Lipinski definition) is 0. The van der Waals surface area contributed by atoms with Gasteiger partial charge in [-0.25, -0.2) is 0 Å². The van der Waals surface area contributed by atoms with Crippen molar-refractivity contribution in [2.75, 3.05) is 0 Å². The molecule has 2 heteroatoms. The zero-order chi connectivity index (χ0) is 28.5. The maximum absolute atomic E-state index is 2.80. The Morgan fingerprint density at radius 1 is 0.421 bits per heavy atom. The molecule has 0 rings (SSSR count). The van der Waals surface area contributed by atoms with Crippen molar-refractivity contribution < 1.29 is 0 Å². The van der Waals surface area contributed by atoms with Crippen molar-refractivity contribution in [2.45, 2.75) is 159 Å². The van der Waals surface area contributed by atoms with E-state index in [0.29, 0.717) is 0 Å². The van der Waals surface area contributed by atoms with Crippen LogP contribution in [0, 0.1) is 0 Å². The molecular weight excluding hydrogens is 670 g/mol. The van der Waals surface area contributed by atoms with E-state index in [1.807, 2.05) is 0 Å². The zero-order valence-corrected chi connectivity index (χ0v) is 33.1. The van der Waals surface area contributed by atoms with Gasteiger partial charge in [0.25, 0.3) is 0 Å². The summed E-state index contributed by atoms with van der Waals surface area (Å²) in [6.45, 7) is 18.8. The molecule has 0 heterocycles. The predicted molar refractivity (Wildman–Crippen MR) is 185 cm³/mol. The Morgan fingerprint density at radius 3 is 0.868 bits per heavy atom. The summed E-state index contributed by atoms with van der Waals surface area (Å²) < 4.78 is 14.9. The molecule has 0 aromatic heterocycles. The summed E-state index contributed by atoms with van der Waals surface area (Å²) in [6.07, 6.45) is 30.9. The Balaban J connectivity index is 5.50. The molecule has 0 unspecified atom stereocenters. The molecule has 0 N–H and O–H groups in total. The fourth-order valence-electron chi connectivity index (χ4n) is 5.57. The van der Waals surface area contributed by atoms with Crippen molar-refractivity contribution in [3.05, 3.63) is 55.8 Å². The van der Waals surface area contributed by atoms with E-state index >= 15 is 0 Å². The van der Waals surface area contributed by atoms with Gasteiger partial charge in [0.15, 0.2) is 0 Å². The van der Waals surface area contributed by atoms with Gasteiger partial charge in [0.2, 0.25) is 0 Å². The first kappa shape index (κ1) is 38.3. The average Bonchev–Trinajstić information content (AvgIpc) is 2.93. The molecular formula is C36H68Sn2. The number of allylic oxidation sites excluding steroid dienone is 8. The Labute approximate surface area is 249 Å². The van der Waals surface area contributed by atoms with Crippen LogP contribution in [0.1, 0.15) is 132 Å². The average molecular weight is 738 g/mol. The summed E-state index contributed by atoms with van der Waals surface area (Å²) in [5.41, 5.74) is 2.84. The quantitative estimate of drug-likeness (QED) is 0.0683. The summed E-state index contributed by atoms with van der Waals surface area (Å²) in [4.78, 5) is 0. The Bertz CT molecular complexity index is 603. The van der Waals surface area contributed by atoms with E-state index in [9.17, 15) is 0 Å². The van der Waals surface area contributed by atoms with Gasteiger partial charge in [0, 0.05) is 0 Å². The molecule has 0 nitrogen and oxygen atoms in total. The van der Waals surface area contributed by atoms with Crippen LogP contribution in [0.5, 0.6) is 0 Å². The second-order valence-electron chi connectivity index (χ2n) is 12.2. The summed E-state index contributed by atoms with van der Waals surface area (Å²) >= 11 is -4.35. The molecule has 0 saturated heterocycles. The van der Waals surface area contributed by atoms with E-state index in [2.05, 4.69) is 100 Å². The normalized spacial score (nSPS) is 14.1. The van der Waals surface area contributed by atoms with Gasteiger partial charge in [0.1, 0.15) is 0 Å². The van der Waals surface area contributed by atoms with E-state index in [-0.39, 0.29) is 0 Å². The molecule has 0 aliphatic carbocycles. The topological polar surface area (TPSA) is 0 Å². The molecule has 0 atom stereocenters. The monoisotopic (exact) mass is 740 g/mol. The van der Waals surface area contributed by atoms with Crippen molar-refractivity contribution in [3.63, 3.8) is 0 Å². The van der Waals surface area contributed by atoms with Gasteiger partial charge < -0.3 is 0 Å². The first-order valence-electron chi connectivity index (χ1n) is 16.8. The molecule has 0 amide bonds. The summed E-state index contributed by atoms with van der Waals surface area (Å²) in [5, 5.41) is 0. The van der Waals surface area contributed by atoms with Crippen molar-refractivity contribution in [3.8, 4) is 0 Å². The predicted octanol–water partition coefficient (Wildman–Crippen LogP) is 13.3. The van der Waals surface area contributed by atoms with Gasteiger partial charge >= 0.3 is 252 Å². The number of hydrogen-bond donors (Lipinski definition) is 0. The van der Waals surface area contributed by atoms with Crippen LogP contribution in [0.4, 0.5) is 0 Å². The molecule has 0 aromatic rings. The SMILES string of the molecule is CCC[CH2][Sn](/[CH]=C/C(C)=C/C=C\C=C(C)\C=[CH]\[Sn]([CH2]CCC)([CH2]CCC)[CH2]CCC)([CH2]CCC)[CH2]CCC. The summed E-state index contributed by atoms with van der Waals surface area (Å²) in [6, 6.07) is 0. The van der Waals surface area contributed by atoms with E-state index in [1.54, 1.807) is 26.6 Å². The standard InChI is InChI=1S/C12H14.6C4H9.2Sn/c1-5-11(3)9-7-8-10-12(4)6-2;6*1-3-4-2;;/h1-2,5-10H,3-4H3;6*1,3-4H2,2H3;;/b5-1?,6-2?,8-7-,11-9+,12-10+;;;;;;;;. The van der Waals surface area contributed by atoms with Crippen LogP contribution in [0.15, 0.2) is 55.8 Å². The van der Waals surface area contributed by atoms with Crippen LogP contribution >= 0.6 is 0 Å². The van der Waals surface area contributed by atoms with Crippen LogP contribution in [0.2, 0.25) is 26.6 Å². The molecule has 38 heavy (non-hydrogen) atoms. The molecule has 0 aromatic carbocycles. The van der Waals surface area contributed by atoms with Crippen molar-refractivity contribution in [1.29, 1.82) is 0 Å². The van der Waals surface area contributed by atoms with Crippen LogP contribution < -0.4 is 0 Å². The molecule has 0 radical (unpaired) electrons. The van der Waals surface area contributed by atoms with Crippen LogP contribution in [-0.2, 0) is 0 Å². The minimum atomic E-state index is -2.18. The zero-order valence-electron chi connectivity index (χ0n) is 27.3. The molecule has 0 spiro atoms. The van der Waals surface area contributed by atoms with Crippen molar-refractivity contribution >= 4 is 36.8 Å². The Morgan fingerprint density at radius 2 is 0.658 bits per heavy atom. The maximum atomic E-state index is 2.80. The van der Waals surface area contributed by atoms with Crippen molar-refractivity contribution in [2.24, 2.45) is 0 Å². The fourth-order valence-corrected chi connectivity index (χ4v) is 34.3. The first-order chi connectivity index (χ1) is 18.4. The molecule has 0 aliphatic heterocycles. The van der Waals surface area contributed by atoms with Gasteiger partial charge in [-0.05, 0) is 0 Å². The van der Waals surface area contributed by atoms with Gasteiger partial charge in [-0.2, -0.15) is 0 Å². The van der Waals surface area contributed by atoms with E-state index < -0.39 is 36.8 Å². The molecule has 0 aliphatic rings. The third kappa shape index (κ3) is 18.6. The third-order valence-corrected chi connectivity index (χ3v) is 36.5. The second kappa shape index (κ2) is 25.0. The van der Waals surface area contributed by atoms with Gasteiger partial charge in [-0.15, -0.1) is 0 Å². The van der Waals surface area contributed by atoms with Gasteiger partial charge in [0.05, 0.1) is 0 Å². The third-order valence-electron chi connectivity index (χ3n) is 8.40. The van der Waals surface area contributed by atoms with E-state index in [0.717, 1.165) is 0 Å². The minimum absolute atomic E-state index is 1.35. The molecule has 0 fully saturated rings. The summed E-state index contributed by atoms with van der Waals surface area (Å²) in [7, 11) is 0. The van der Waals surface area contributed by atoms with Crippen LogP contribution in [0.3, 0.4) is 0 Å². The molecule has 220 valence electrons. The summed E-state index contributed by atoms with van der Waals surface area (Å²) in [5.74, 6) is 0. The molecule has 0 saturated carbocycles. The second-order valence-corrected chi connectivity index (χ2v) is 38.2.